The molecular formula is C31H35NO4S. The fourth-order valence-electron chi connectivity index (χ4n) is 3.97. The zero-order chi connectivity index (χ0) is 26.7. The van der Waals surface area contributed by atoms with Crippen molar-refractivity contribution < 1.29 is 19.1 Å². The molecule has 5 nitrogen and oxygen atoms in total. The van der Waals surface area contributed by atoms with Crippen LogP contribution in [-0.4, -0.2) is 36.1 Å². The third-order valence-corrected chi connectivity index (χ3v) is 7.14. The first-order chi connectivity index (χ1) is 17.7. The van der Waals surface area contributed by atoms with Crippen LogP contribution in [0.3, 0.4) is 0 Å². The van der Waals surface area contributed by atoms with E-state index in [1.165, 1.54) is 6.08 Å². The molecule has 6 heteroatoms. The Morgan fingerprint density at radius 1 is 0.838 bits per heavy atom. The molecule has 37 heavy (non-hydrogen) atoms. The van der Waals surface area contributed by atoms with Gasteiger partial charge in [-0.25, -0.2) is 9.59 Å². The smallest absolute Gasteiger partial charge is 0.408 e. The quantitative estimate of drug-likeness (QED) is 0.184. The van der Waals surface area contributed by atoms with E-state index in [4.69, 9.17) is 9.47 Å². The van der Waals surface area contributed by atoms with Crippen molar-refractivity contribution in [2.75, 3.05) is 12.4 Å². The van der Waals surface area contributed by atoms with Gasteiger partial charge in [-0.2, -0.15) is 0 Å². The summed E-state index contributed by atoms with van der Waals surface area (Å²) in [6.07, 6.45) is 2.48. The van der Waals surface area contributed by atoms with E-state index in [1.54, 1.807) is 24.8 Å². The first-order valence-electron chi connectivity index (χ1n) is 12.4. The topological polar surface area (TPSA) is 64.6 Å². The summed E-state index contributed by atoms with van der Waals surface area (Å²) >= 11 is 1.69. The molecule has 0 bridgehead atoms. The Labute approximate surface area is 224 Å². The number of rotatable bonds is 10. The SMILES string of the molecule is CCOC(=O)/C=C/[C@H](CSC(c1ccccc1)(c1ccccc1)c1ccccc1)NC(=O)OC(C)(C)C. The van der Waals surface area contributed by atoms with Crippen molar-refractivity contribution in [3.8, 4) is 0 Å². The highest BCUT2D eigenvalue weighted by molar-refractivity contribution is 8.00. The summed E-state index contributed by atoms with van der Waals surface area (Å²) in [5, 5.41) is 2.92. The second-order valence-corrected chi connectivity index (χ2v) is 10.7. The predicted molar refractivity (Wildman–Crippen MR) is 151 cm³/mol. The molecule has 0 saturated heterocycles. The minimum Gasteiger partial charge on any atom is -0.463 e. The minimum absolute atomic E-state index is 0.279. The summed E-state index contributed by atoms with van der Waals surface area (Å²) in [6.45, 7) is 7.48. The van der Waals surface area contributed by atoms with Crippen LogP contribution >= 0.6 is 11.8 Å². The molecule has 1 atom stereocenters. The van der Waals surface area contributed by atoms with Crippen LogP contribution < -0.4 is 5.32 Å². The summed E-state index contributed by atoms with van der Waals surface area (Å²) in [5.74, 6) is 0.0114. The molecule has 0 aliphatic rings. The van der Waals surface area contributed by atoms with E-state index in [2.05, 4.69) is 41.7 Å². The first kappa shape index (κ1) is 28.1. The number of hydrogen-bond acceptors (Lipinski definition) is 5. The van der Waals surface area contributed by atoms with Crippen LogP contribution in [0.1, 0.15) is 44.4 Å². The summed E-state index contributed by atoms with van der Waals surface area (Å²) in [6, 6.07) is 30.5. The lowest BCUT2D eigenvalue weighted by atomic mass is 9.84. The number of thioether (sulfide) groups is 1. The fraction of sp³-hybridized carbons (Fsp3) is 0.290. The largest absolute Gasteiger partial charge is 0.463 e. The number of nitrogens with one attached hydrogen (secondary N) is 1. The Hall–Kier alpha value is -3.51. The lowest BCUT2D eigenvalue weighted by Crippen LogP contribution is -2.40. The van der Waals surface area contributed by atoms with E-state index in [9.17, 15) is 9.59 Å². The Kier molecular flexibility index (Phi) is 9.98. The van der Waals surface area contributed by atoms with Gasteiger partial charge in [0.2, 0.25) is 0 Å². The van der Waals surface area contributed by atoms with Crippen molar-refractivity contribution >= 4 is 23.8 Å². The van der Waals surface area contributed by atoms with Gasteiger partial charge < -0.3 is 14.8 Å². The highest BCUT2D eigenvalue weighted by atomic mass is 32.2. The molecule has 0 fully saturated rings. The van der Waals surface area contributed by atoms with Gasteiger partial charge in [0, 0.05) is 11.8 Å². The number of ether oxygens (including phenoxy) is 2. The van der Waals surface area contributed by atoms with Crippen molar-refractivity contribution in [3.63, 3.8) is 0 Å². The van der Waals surface area contributed by atoms with E-state index in [0.717, 1.165) is 16.7 Å². The lowest BCUT2D eigenvalue weighted by Gasteiger charge is -2.36. The third kappa shape index (κ3) is 7.99. The summed E-state index contributed by atoms with van der Waals surface area (Å²) in [7, 11) is 0. The van der Waals surface area contributed by atoms with Gasteiger partial charge in [0.25, 0.3) is 0 Å². The van der Waals surface area contributed by atoms with Crippen LogP contribution in [-0.2, 0) is 19.0 Å². The van der Waals surface area contributed by atoms with Crippen molar-refractivity contribution in [3.05, 3.63) is 120 Å². The highest BCUT2D eigenvalue weighted by Gasteiger charge is 2.37. The fourth-order valence-corrected chi connectivity index (χ4v) is 5.50. The van der Waals surface area contributed by atoms with Gasteiger partial charge in [-0.15, -0.1) is 11.8 Å². The first-order valence-corrected chi connectivity index (χ1v) is 13.4. The highest BCUT2D eigenvalue weighted by Crippen LogP contribution is 2.48. The Balaban J connectivity index is 2.03. The number of esters is 1. The number of carbonyl (C=O) groups excluding carboxylic acids is 2. The van der Waals surface area contributed by atoms with Gasteiger partial charge in [-0.3, -0.25) is 0 Å². The Morgan fingerprint density at radius 3 is 1.70 bits per heavy atom. The number of hydrogen-bond donors (Lipinski definition) is 1. The van der Waals surface area contributed by atoms with Crippen LogP contribution in [0, 0.1) is 0 Å². The molecule has 0 unspecified atom stereocenters. The summed E-state index contributed by atoms with van der Waals surface area (Å²) < 4.78 is 9.99. The number of benzene rings is 3. The number of alkyl carbamates (subject to hydrolysis) is 1. The van der Waals surface area contributed by atoms with Crippen molar-refractivity contribution in [1.82, 2.24) is 5.32 Å². The van der Waals surface area contributed by atoms with Crippen LogP contribution in [0.5, 0.6) is 0 Å². The standard InChI is InChI=1S/C31H35NO4S/c1-5-35-28(33)22-21-27(32-29(34)36-30(2,3)4)23-37-31(24-15-9-6-10-16-24,25-17-11-7-12-18-25)26-19-13-8-14-20-26/h6-22,27H,5,23H2,1-4H3,(H,32,34)/b22-21+/t27-/m1/s1. The van der Waals surface area contributed by atoms with Gasteiger partial charge >= 0.3 is 12.1 Å². The molecule has 194 valence electrons. The van der Waals surface area contributed by atoms with E-state index in [1.807, 2.05) is 75.4 Å². The molecule has 0 radical (unpaired) electrons. The molecule has 0 saturated carbocycles. The Bertz CT molecular complexity index is 1060. The third-order valence-electron chi connectivity index (χ3n) is 5.47. The molecule has 0 aliphatic heterocycles. The normalized spacial score (nSPS) is 12.6. The van der Waals surface area contributed by atoms with Crippen LogP contribution in [0.15, 0.2) is 103 Å². The maximum absolute atomic E-state index is 12.7. The molecule has 1 N–H and O–H groups in total. The van der Waals surface area contributed by atoms with E-state index in [-0.39, 0.29) is 6.61 Å². The predicted octanol–water partition coefficient (Wildman–Crippen LogP) is 6.72. The second kappa shape index (κ2) is 13.2. The van der Waals surface area contributed by atoms with Crippen molar-refractivity contribution in [2.24, 2.45) is 0 Å². The van der Waals surface area contributed by atoms with Crippen LogP contribution in [0.4, 0.5) is 4.79 Å². The molecule has 0 aliphatic carbocycles. The minimum atomic E-state index is -0.644. The van der Waals surface area contributed by atoms with E-state index >= 15 is 0 Å². The average molecular weight is 518 g/mol. The van der Waals surface area contributed by atoms with Crippen molar-refractivity contribution in [2.45, 2.75) is 44.1 Å². The molecular weight excluding hydrogens is 482 g/mol. The lowest BCUT2D eigenvalue weighted by molar-refractivity contribution is -0.137. The molecule has 0 spiro atoms. The summed E-state index contributed by atoms with van der Waals surface area (Å²) in [4.78, 5) is 24.7. The van der Waals surface area contributed by atoms with Gasteiger partial charge in [0.1, 0.15) is 5.60 Å². The number of amides is 1. The van der Waals surface area contributed by atoms with Gasteiger partial charge in [0.15, 0.2) is 0 Å². The van der Waals surface area contributed by atoms with Crippen molar-refractivity contribution in [1.29, 1.82) is 0 Å². The molecule has 3 aromatic rings. The zero-order valence-electron chi connectivity index (χ0n) is 21.8. The molecule has 3 rings (SSSR count). The maximum Gasteiger partial charge on any atom is 0.408 e. The Morgan fingerprint density at radius 2 is 1.30 bits per heavy atom. The van der Waals surface area contributed by atoms with E-state index in [0.29, 0.717) is 5.75 Å². The average Bonchev–Trinajstić information content (AvgIpc) is 2.88. The molecule has 3 aromatic carbocycles. The monoisotopic (exact) mass is 517 g/mol. The van der Waals surface area contributed by atoms with E-state index < -0.39 is 28.5 Å². The molecule has 0 aromatic heterocycles. The van der Waals surface area contributed by atoms with Crippen LogP contribution in [0.25, 0.3) is 0 Å². The maximum atomic E-state index is 12.7. The molecule has 0 heterocycles. The summed E-state index contributed by atoms with van der Waals surface area (Å²) in [5.41, 5.74) is 2.70. The zero-order valence-corrected chi connectivity index (χ0v) is 22.7. The van der Waals surface area contributed by atoms with Gasteiger partial charge in [0.05, 0.1) is 17.4 Å². The second-order valence-electron chi connectivity index (χ2n) is 9.45. The van der Waals surface area contributed by atoms with Gasteiger partial charge in [-0.05, 0) is 44.4 Å². The van der Waals surface area contributed by atoms with Gasteiger partial charge in [-0.1, -0.05) is 97.1 Å². The van der Waals surface area contributed by atoms with Crippen LogP contribution in [0.2, 0.25) is 0 Å². The molecule has 1 amide bonds. The number of carbonyl (C=O) groups is 2.